The van der Waals surface area contributed by atoms with Crippen molar-refractivity contribution in [3.05, 3.63) is 71.6 Å². The van der Waals surface area contributed by atoms with E-state index in [0.29, 0.717) is 11.8 Å². The highest BCUT2D eigenvalue weighted by atomic mass is 19.3. The first kappa shape index (κ1) is 26.1. The van der Waals surface area contributed by atoms with Gasteiger partial charge in [0, 0.05) is 17.0 Å². The fourth-order valence-electron chi connectivity index (χ4n) is 6.27. The van der Waals surface area contributed by atoms with Gasteiger partial charge in [0.05, 0.1) is 19.8 Å². The first-order valence-corrected chi connectivity index (χ1v) is 12.4. The van der Waals surface area contributed by atoms with Crippen molar-refractivity contribution in [2.24, 2.45) is 5.41 Å². The predicted molar refractivity (Wildman–Crippen MR) is 125 cm³/mol. The van der Waals surface area contributed by atoms with Gasteiger partial charge in [0.15, 0.2) is 5.60 Å². The summed E-state index contributed by atoms with van der Waals surface area (Å²) >= 11 is 0. The van der Waals surface area contributed by atoms with Gasteiger partial charge in [-0.15, -0.1) is 5.10 Å². The number of hydrogen-bond acceptors (Lipinski definition) is 8. The number of alkyl halides is 2. The number of rotatable bonds is 10. The van der Waals surface area contributed by atoms with Gasteiger partial charge in [-0.2, -0.15) is 0 Å². The quantitative estimate of drug-likeness (QED) is 0.328. The van der Waals surface area contributed by atoms with E-state index in [1.165, 1.54) is 0 Å². The summed E-state index contributed by atoms with van der Waals surface area (Å²) in [5.41, 5.74) is -6.41. The number of benzene rings is 2. The molecule has 7 rings (SSSR count). The Labute approximate surface area is 220 Å². The summed E-state index contributed by atoms with van der Waals surface area (Å²) in [4.78, 5) is 0. The second kappa shape index (κ2) is 8.68. The van der Waals surface area contributed by atoms with E-state index in [4.69, 9.17) is 9.47 Å². The van der Waals surface area contributed by atoms with Crippen molar-refractivity contribution >= 4 is 0 Å². The lowest BCUT2D eigenvalue weighted by Crippen LogP contribution is -2.76. The summed E-state index contributed by atoms with van der Waals surface area (Å²) in [7, 11) is 0. The largest absolute Gasteiger partial charge is 0.491 e. The average molecular weight is 551 g/mol. The van der Waals surface area contributed by atoms with Gasteiger partial charge in [0.2, 0.25) is 0 Å². The van der Waals surface area contributed by atoms with Crippen molar-refractivity contribution in [3.8, 4) is 5.75 Å². The summed E-state index contributed by atoms with van der Waals surface area (Å²) in [6.45, 7) is -0.906. The van der Waals surface area contributed by atoms with E-state index < -0.39 is 57.8 Å². The number of aliphatic hydroxyl groups excluding tert-OH is 1. The lowest BCUT2D eigenvalue weighted by atomic mass is 9.30. The predicted octanol–water partition coefficient (Wildman–Crippen LogP) is 2.10. The molecule has 3 saturated carbocycles. The SMILES string of the molecule is OC(COc1ccc(C23CC(C(F)(F)[C@@](O)(Cn4cnnn4)c4ccc(F)cc4F)(C2)C3)cc1)C1(O)COC1. The van der Waals surface area contributed by atoms with Gasteiger partial charge in [-0.05, 0) is 64.9 Å². The maximum Gasteiger partial charge on any atom is 0.287 e. The van der Waals surface area contributed by atoms with Crippen LogP contribution in [-0.2, 0) is 22.3 Å². The van der Waals surface area contributed by atoms with Crippen molar-refractivity contribution in [1.82, 2.24) is 20.2 Å². The van der Waals surface area contributed by atoms with Gasteiger partial charge >= 0.3 is 0 Å². The molecule has 3 aliphatic carbocycles. The zero-order valence-electron chi connectivity index (χ0n) is 20.6. The molecular weight excluding hydrogens is 524 g/mol. The number of ether oxygens (including phenoxy) is 2. The minimum absolute atomic E-state index is 0.0318. The van der Waals surface area contributed by atoms with Crippen molar-refractivity contribution in [2.45, 2.75) is 54.5 Å². The number of aromatic nitrogens is 4. The summed E-state index contributed by atoms with van der Waals surface area (Å²) in [6, 6.07) is 8.96. The fourth-order valence-corrected chi connectivity index (χ4v) is 6.27. The molecule has 3 aromatic rings. The standard InChI is InChI=1S/C26H26F4N4O5/c27-17-3-6-19(20(28)7-17)25(37,12-34-15-31-32-33-34)26(29,30)23-9-22(10-23,11-23)16-1-4-18(5-2-16)39-8-21(35)24(36)13-38-14-24/h1-7,15,21,35-37H,8-14H2/t21?,22?,23?,25-/m1/s1. The zero-order chi connectivity index (χ0) is 27.7. The van der Waals surface area contributed by atoms with Crippen molar-refractivity contribution in [3.63, 3.8) is 0 Å². The van der Waals surface area contributed by atoms with Crippen molar-refractivity contribution < 1.29 is 42.4 Å². The molecular formula is C26H26F4N4O5. The summed E-state index contributed by atoms with van der Waals surface area (Å²) in [6.07, 6.45) is 0.0808. The molecule has 4 aliphatic rings. The Morgan fingerprint density at radius 1 is 1.08 bits per heavy atom. The molecule has 2 heterocycles. The minimum atomic E-state index is -3.81. The Morgan fingerprint density at radius 2 is 1.77 bits per heavy atom. The molecule has 1 aliphatic heterocycles. The first-order valence-electron chi connectivity index (χ1n) is 12.4. The molecule has 3 N–H and O–H groups in total. The molecule has 0 amide bonds. The molecule has 1 aromatic heterocycles. The molecule has 39 heavy (non-hydrogen) atoms. The van der Waals surface area contributed by atoms with Gasteiger partial charge < -0.3 is 24.8 Å². The third-order valence-electron chi connectivity index (χ3n) is 8.57. The van der Waals surface area contributed by atoms with Gasteiger partial charge in [-0.1, -0.05) is 12.1 Å². The monoisotopic (exact) mass is 550 g/mol. The lowest BCUT2D eigenvalue weighted by Gasteiger charge is -2.74. The van der Waals surface area contributed by atoms with Crippen LogP contribution in [0.2, 0.25) is 0 Å². The highest BCUT2D eigenvalue weighted by Gasteiger charge is 2.82. The molecule has 4 fully saturated rings. The van der Waals surface area contributed by atoms with Crippen LogP contribution in [0, 0.1) is 17.0 Å². The van der Waals surface area contributed by atoms with E-state index in [1.807, 2.05) is 0 Å². The molecule has 2 atom stereocenters. The third kappa shape index (κ3) is 3.85. The topological polar surface area (TPSA) is 123 Å². The number of aliphatic hydroxyl groups is 3. The molecule has 2 aromatic carbocycles. The average Bonchev–Trinajstić information content (AvgIpc) is 3.32. The summed E-state index contributed by atoms with van der Waals surface area (Å²) in [5.74, 6) is -5.61. The summed E-state index contributed by atoms with van der Waals surface area (Å²) in [5, 5.41) is 42.0. The molecule has 1 unspecified atom stereocenters. The highest BCUT2D eigenvalue weighted by molar-refractivity contribution is 5.44. The first-order chi connectivity index (χ1) is 18.4. The maximum atomic E-state index is 16.3. The molecule has 0 spiro atoms. The van der Waals surface area contributed by atoms with Crippen molar-refractivity contribution in [1.29, 1.82) is 0 Å². The van der Waals surface area contributed by atoms with Crippen LogP contribution in [0.15, 0.2) is 48.8 Å². The Bertz CT molecular complexity index is 1350. The molecule has 208 valence electrons. The smallest absolute Gasteiger partial charge is 0.287 e. The van der Waals surface area contributed by atoms with E-state index in [-0.39, 0.29) is 39.1 Å². The second-order valence-corrected chi connectivity index (χ2v) is 11.1. The Balaban J connectivity index is 1.19. The number of halogens is 4. The third-order valence-corrected chi connectivity index (χ3v) is 8.57. The highest BCUT2D eigenvalue weighted by Crippen LogP contribution is 2.80. The normalized spacial score (nSPS) is 27.5. The second-order valence-electron chi connectivity index (χ2n) is 11.1. The fraction of sp³-hybridized carbons (Fsp3) is 0.500. The Kier molecular flexibility index (Phi) is 5.81. The minimum Gasteiger partial charge on any atom is -0.491 e. The number of hydrogen-bond donors (Lipinski definition) is 3. The molecule has 9 nitrogen and oxygen atoms in total. The van der Waals surface area contributed by atoms with E-state index in [1.54, 1.807) is 24.3 Å². The number of tetrazole rings is 1. The lowest BCUT2D eigenvalue weighted by molar-refractivity contribution is -0.347. The van der Waals surface area contributed by atoms with E-state index in [9.17, 15) is 24.1 Å². The van der Waals surface area contributed by atoms with Gasteiger partial charge in [0.1, 0.15) is 42.0 Å². The molecule has 0 radical (unpaired) electrons. The van der Waals surface area contributed by atoms with E-state index >= 15 is 8.78 Å². The van der Waals surface area contributed by atoms with E-state index in [0.717, 1.165) is 28.7 Å². The molecule has 2 bridgehead atoms. The van der Waals surface area contributed by atoms with Gasteiger partial charge in [0.25, 0.3) is 5.92 Å². The molecule has 13 heteroatoms. The van der Waals surface area contributed by atoms with Crippen LogP contribution in [0.25, 0.3) is 0 Å². The Morgan fingerprint density at radius 3 is 2.33 bits per heavy atom. The van der Waals surface area contributed by atoms with Crippen LogP contribution in [0.5, 0.6) is 5.75 Å². The maximum absolute atomic E-state index is 16.3. The zero-order valence-corrected chi connectivity index (χ0v) is 20.6. The van der Waals surface area contributed by atoms with Crippen LogP contribution >= 0.6 is 0 Å². The number of nitrogens with zero attached hydrogens (tertiary/aromatic N) is 4. The summed E-state index contributed by atoms with van der Waals surface area (Å²) < 4.78 is 72.3. The van der Waals surface area contributed by atoms with Crippen LogP contribution in [0.4, 0.5) is 17.6 Å². The molecule has 1 saturated heterocycles. The van der Waals surface area contributed by atoms with Crippen LogP contribution in [0.3, 0.4) is 0 Å². The van der Waals surface area contributed by atoms with Crippen LogP contribution in [0.1, 0.15) is 30.4 Å². The van der Waals surface area contributed by atoms with Crippen LogP contribution < -0.4 is 4.74 Å². The van der Waals surface area contributed by atoms with Crippen LogP contribution in [-0.4, -0.2) is 73.0 Å². The van der Waals surface area contributed by atoms with Crippen molar-refractivity contribution in [2.75, 3.05) is 19.8 Å². The van der Waals surface area contributed by atoms with Gasteiger partial charge in [-0.25, -0.2) is 22.2 Å². The Hall–Kier alpha value is -3.13. The van der Waals surface area contributed by atoms with Gasteiger partial charge in [-0.3, -0.25) is 0 Å². The van der Waals surface area contributed by atoms with E-state index in [2.05, 4.69) is 15.5 Å².